The second kappa shape index (κ2) is 6.21. The Kier molecular flexibility index (Phi) is 5.14. The fraction of sp³-hybridized carbons (Fsp3) is 0.538. The average Bonchev–Trinajstić information content (AvgIpc) is 2.59. The first-order chi connectivity index (χ1) is 8.76. The Bertz CT molecular complexity index is 492. The zero-order valence-electron chi connectivity index (χ0n) is 11.7. The third kappa shape index (κ3) is 4.36. The first kappa shape index (κ1) is 15.7. The molecule has 0 fully saturated rings. The highest BCUT2D eigenvalue weighted by molar-refractivity contribution is 6.31. The molecule has 0 aliphatic carbocycles. The SMILES string of the molecule is CCC(C)(O)CNC(=O)C=Cc1c(C)nn(C)c1Cl. The predicted octanol–water partition coefficient (Wildman–Crippen LogP) is 1.67. The average molecular weight is 286 g/mol. The van der Waals surface area contributed by atoms with Gasteiger partial charge in [-0.25, -0.2) is 0 Å². The van der Waals surface area contributed by atoms with Gasteiger partial charge in [0.25, 0.3) is 0 Å². The van der Waals surface area contributed by atoms with E-state index in [1.807, 2.05) is 13.8 Å². The van der Waals surface area contributed by atoms with E-state index < -0.39 is 5.60 Å². The van der Waals surface area contributed by atoms with E-state index in [4.69, 9.17) is 11.6 Å². The first-order valence-corrected chi connectivity index (χ1v) is 6.52. The number of halogens is 1. The van der Waals surface area contributed by atoms with Crippen LogP contribution in [0.2, 0.25) is 5.15 Å². The monoisotopic (exact) mass is 285 g/mol. The molecular formula is C13H20ClN3O2. The summed E-state index contributed by atoms with van der Waals surface area (Å²) >= 11 is 6.05. The molecule has 1 amide bonds. The van der Waals surface area contributed by atoms with Crippen LogP contribution in [-0.2, 0) is 11.8 Å². The van der Waals surface area contributed by atoms with Crippen molar-refractivity contribution in [3.63, 3.8) is 0 Å². The molecule has 0 aliphatic heterocycles. The van der Waals surface area contributed by atoms with Gasteiger partial charge in [0.1, 0.15) is 5.15 Å². The van der Waals surface area contributed by atoms with Gasteiger partial charge in [-0.05, 0) is 26.3 Å². The largest absolute Gasteiger partial charge is 0.388 e. The Hall–Kier alpha value is -1.33. The maximum Gasteiger partial charge on any atom is 0.244 e. The molecule has 2 N–H and O–H groups in total. The number of nitrogens with one attached hydrogen (secondary N) is 1. The van der Waals surface area contributed by atoms with E-state index in [-0.39, 0.29) is 12.5 Å². The molecule has 0 aliphatic rings. The van der Waals surface area contributed by atoms with Crippen molar-refractivity contribution in [2.24, 2.45) is 7.05 Å². The molecule has 5 nitrogen and oxygen atoms in total. The van der Waals surface area contributed by atoms with Gasteiger partial charge < -0.3 is 10.4 Å². The highest BCUT2D eigenvalue weighted by Crippen LogP contribution is 2.19. The first-order valence-electron chi connectivity index (χ1n) is 6.14. The minimum Gasteiger partial charge on any atom is -0.388 e. The number of hydrogen-bond acceptors (Lipinski definition) is 3. The highest BCUT2D eigenvalue weighted by Gasteiger charge is 2.17. The highest BCUT2D eigenvalue weighted by atomic mass is 35.5. The van der Waals surface area contributed by atoms with Crippen LogP contribution in [0.25, 0.3) is 6.08 Å². The van der Waals surface area contributed by atoms with Crippen molar-refractivity contribution in [3.8, 4) is 0 Å². The molecule has 106 valence electrons. The number of hydrogen-bond donors (Lipinski definition) is 2. The van der Waals surface area contributed by atoms with Crippen LogP contribution in [0.5, 0.6) is 0 Å². The van der Waals surface area contributed by atoms with Crippen LogP contribution in [0.1, 0.15) is 31.5 Å². The molecule has 19 heavy (non-hydrogen) atoms. The predicted molar refractivity (Wildman–Crippen MR) is 75.9 cm³/mol. The maximum absolute atomic E-state index is 11.6. The molecule has 6 heteroatoms. The number of aryl methyl sites for hydroxylation is 2. The molecule has 0 aromatic carbocycles. The minimum absolute atomic E-state index is 0.215. The second-order valence-electron chi connectivity index (χ2n) is 4.82. The lowest BCUT2D eigenvalue weighted by atomic mass is 10.0. The number of aliphatic hydroxyl groups is 1. The Balaban J connectivity index is 2.64. The summed E-state index contributed by atoms with van der Waals surface area (Å²) in [5, 5.41) is 17.1. The van der Waals surface area contributed by atoms with Crippen molar-refractivity contribution in [2.45, 2.75) is 32.8 Å². The van der Waals surface area contributed by atoms with Gasteiger partial charge in [-0.15, -0.1) is 0 Å². The van der Waals surface area contributed by atoms with E-state index in [1.54, 1.807) is 24.7 Å². The van der Waals surface area contributed by atoms with E-state index in [1.165, 1.54) is 6.08 Å². The van der Waals surface area contributed by atoms with Crippen molar-refractivity contribution >= 4 is 23.6 Å². The molecular weight excluding hydrogens is 266 g/mol. The number of rotatable bonds is 5. The van der Waals surface area contributed by atoms with Crippen molar-refractivity contribution in [1.82, 2.24) is 15.1 Å². The third-order valence-electron chi connectivity index (χ3n) is 3.00. The Morgan fingerprint density at radius 3 is 2.74 bits per heavy atom. The van der Waals surface area contributed by atoms with Crippen molar-refractivity contribution in [3.05, 3.63) is 22.5 Å². The lowest BCUT2D eigenvalue weighted by molar-refractivity contribution is -0.117. The number of amides is 1. The number of carbonyl (C=O) groups is 1. The van der Waals surface area contributed by atoms with E-state index in [9.17, 15) is 9.90 Å². The van der Waals surface area contributed by atoms with Crippen molar-refractivity contribution < 1.29 is 9.90 Å². The van der Waals surface area contributed by atoms with Gasteiger partial charge in [0, 0.05) is 25.2 Å². The molecule has 1 rings (SSSR count). The standard InChI is InChI=1S/C13H20ClN3O2/c1-5-13(3,19)8-15-11(18)7-6-10-9(2)16-17(4)12(10)14/h6-7,19H,5,8H2,1-4H3,(H,15,18). The number of aromatic nitrogens is 2. The van der Waals surface area contributed by atoms with E-state index in [0.717, 1.165) is 11.3 Å². The molecule has 0 spiro atoms. The third-order valence-corrected chi connectivity index (χ3v) is 3.45. The lowest BCUT2D eigenvalue weighted by Crippen LogP contribution is -2.39. The van der Waals surface area contributed by atoms with Crippen LogP contribution < -0.4 is 5.32 Å². The van der Waals surface area contributed by atoms with Crippen LogP contribution in [0.15, 0.2) is 6.08 Å². The molecule has 1 heterocycles. The van der Waals surface area contributed by atoms with Crippen molar-refractivity contribution in [1.29, 1.82) is 0 Å². The summed E-state index contributed by atoms with van der Waals surface area (Å²) in [7, 11) is 1.74. The van der Waals surface area contributed by atoms with Crippen LogP contribution >= 0.6 is 11.6 Å². The molecule has 1 unspecified atom stereocenters. The minimum atomic E-state index is -0.884. The fourth-order valence-electron chi connectivity index (χ4n) is 1.46. The van der Waals surface area contributed by atoms with Gasteiger partial charge in [-0.1, -0.05) is 18.5 Å². The van der Waals surface area contributed by atoms with Gasteiger partial charge in [0.05, 0.1) is 11.3 Å². The lowest BCUT2D eigenvalue weighted by Gasteiger charge is -2.20. The Morgan fingerprint density at radius 1 is 1.63 bits per heavy atom. The zero-order valence-corrected chi connectivity index (χ0v) is 12.5. The van der Waals surface area contributed by atoms with Gasteiger partial charge >= 0.3 is 0 Å². The molecule has 1 aromatic rings. The Labute approximate surface area is 118 Å². The molecule has 0 bridgehead atoms. The number of carbonyl (C=O) groups excluding carboxylic acids is 1. The van der Waals surface area contributed by atoms with Gasteiger partial charge in [-0.3, -0.25) is 9.48 Å². The van der Waals surface area contributed by atoms with E-state index >= 15 is 0 Å². The van der Waals surface area contributed by atoms with Crippen molar-refractivity contribution in [2.75, 3.05) is 6.54 Å². The van der Waals surface area contributed by atoms with Gasteiger partial charge in [0.15, 0.2) is 0 Å². The van der Waals surface area contributed by atoms with Crippen LogP contribution in [-0.4, -0.2) is 32.9 Å². The molecule has 0 radical (unpaired) electrons. The normalized spacial score (nSPS) is 14.6. The van der Waals surface area contributed by atoms with Gasteiger partial charge in [-0.2, -0.15) is 5.10 Å². The summed E-state index contributed by atoms with van der Waals surface area (Å²) in [4.78, 5) is 11.6. The zero-order chi connectivity index (χ0) is 14.6. The topological polar surface area (TPSA) is 67.2 Å². The summed E-state index contributed by atoms with van der Waals surface area (Å²) in [6.45, 7) is 5.58. The second-order valence-corrected chi connectivity index (χ2v) is 5.17. The molecule has 1 aromatic heterocycles. The summed E-state index contributed by atoms with van der Waals surface area (Å²) in [6, 6.07) is 0. The Morgan fingerprint density at radius 2 is 2.26 bits per heavy atom. The van der Waals surface area contributed by atoms with Crippen LogP contribution in [0, 0.1) is 6.92 Å². The smallest absolute Gasteiger partial charge is 0.244 e. The van der Waals surface area contributed by atoms with Crippen LogP contribution in [0.4, 0.5) is 0 Å². The summed E-state index contributed by atoms with van der Waals surface area (Å²) in [5.41, 5.74) is 0.601. The van der Waals surface area contributed by atoms with Crippen LogP contribution in [0.3, 0.4) is 0 Å². The summed E-state index contributed by atoms with van der Waals surface area (Å²) in [6.07, 6.45) is 3.59. The maximum atomic E-state index is 11.6. The number of nitrogens with zero attached hydrogens (tertiary/aromatic N) is 2. The van der Waals surface area contributed by atoms with E-state index in [0.29, 0.717) is 11.6 Å². The van der Waals surface area contributed by atoms with Gasteiger partial charge in [0.2, 0.25) is 5.91 Å². The molecule has 0 saturated heterocycles. The molecule has 0 saturated carbocycles. The quantitative estimate of drug-likeness (QED) is 0.809. The fourth-order valence-corrected chi connectivity index (χ4v) is 1.69. The van der Waals surface area contributed by atoms with E-state index in [2.05, 4.69) is 10.4 Å². The molecule has 1 atom stereocenters. The summed E-state index contributed by atoms with van der Waals surface area (Å²) in [5.74, 6) is -0.270. The summed E-state index contributed by atoms with van der Waals surface area (Å²) < 4.78 is 1.55.